The van der Waals surface area contributed by atoms with Crippen molar-refractivity contribution in [3.05, 3.63) is 72.6 Å². The average Bonchev–Trinajstić information content (AvgIpc) is 2.69. The van der Waals surface area contributed by atoms with Crippen molar-refractivity contribution < 1.29 is 22.7 Å². The van der Waals surface area contributed by atoms with Crippen LogP contribution in [0.3, 0.4) is 0 Å². The summed E-state index contributed by atoms with van der Waals surface area (Å²) < 4.78 is 40.5. The molecule has 0 spiro atoms. The molecule has 3 nitrogen and oxygen atoms in total. The average molecular weight is 373 g/mol. The number of alkyl halides is 3. The first-order valence-electron chi connectivity index (χ1n) is 8.31. The van der Waals surface area contributed by atoms with Crippen LogP contribution in [-0.4, -0.2) is 17.6 Å². The molecule has 2 aromatic carbocycles. The van der Waals surface area contributed by atoms with Crippen LogP contribution in [0, 0.1) is 0 Å². The standard InChI is InChI=1S/C19H12F3NO2.C2H6/c20-19(21,22)25-18-7-5-15(6-8-18)17-9-16(10-23-11-17)14-3-1-13(12-24)2-4-14;1-2/h1-12H;1-2H3. The first kappa shape index (κ1) is 20.2. The smallest absolute Gasteiger partial charge is 0.406 e. The molecular weight excluding hydrogens is 355 g/mol. The highest BCUT2D eigenvalue weighted by Crippen LogP contribution is 2.28. The summed E-state index contributed by atoms with van der Waals surface area (Å²) >= 11 is 0. The molecular formula is C21H18F3NO2. The topological polar surface area (TPSA) is 39.2 Å². The van der Waals surface area contributed by atoms with Crippen molar-refractivity contribution in [2.75, 3.05) is 0 Å². The molecule has 0 amide bonds. The van der Waals surface area contributed by atoms with Gasteiger partial charge in [0.15, 0.2) is 0 Å². The third kappa shape index (κ3) is 5.67. The van der Waals surface area contributed by atoms with Gasteiger partial charge in [0.25, 0.3) is 0 Å². The molecule has 0 radical (unpaired) electrons. The van der Waals surface area contributed by atoms with E-state index >= 15 is 0 Å². The van der Waals surface area contributed by atoms with Gasteiger partial charge in [0.2, 0.25) is 0 Å². The van der Waals surface area contributed by atoms with Gasteiger partial charge >= 0.3 is 6.36 Å². The Bertz CT molecular complexity index is 873. The van der Waals surface area contributed by atoms with E-state index in [-0.39, 0.29) is 5.75 Å². The van der Waals surface area contributed by atoms with E-state index < -0.39 is 6.36 Å². The predicted octanol–water partition coefficient (Wildman–Crippen LogP) is 6.15. The van der Waals surface area contributed by atoms with E-state index in [0.29, 0.717) is 11.1 Å². The van der Waals surface area contributed by atoms with E-state index in [1.165, 1.54) is 24.3 Å². The summed E-state index contributed by atoms with van der Waals surface area (Å²) in [6.07, 6.45) is -0.636. The van der Waals surface area contributed by atoms with E-state index in [1.54, 1.807) is 24.5 Å². The lowest BCUT2D eigenvalue weighted by Gasteiger charge is -2.10. The number of nitrogens with zero attached hydrogens (tertiary/aromatic N) is 1. The second-order valence-corrected chi connectivity index (χ2v) is 5.27. The van der Waals surface area contributed by atoms with Crippen LogP contribution in [0.4, 0.5) is 13.2 Å². The second-order valence-electron chi connectivity index (χ2n) is 5.27. The summed E-state index contributed by atoms with van der Waals surface area (Å²) in [7, 11) is 0. The van der Waals surface area contributed by atoms with E-state index in [2.05, 4.69) is 9.72 Å². The number of benzene rings is 2. The fourth-order valence-electron chi connectivity index (χ4n) is 2.36. The maximum atomic E-state index is 12.2. The Morgan fingerprint density at radius 1 is 0.815 bits per heavy atom. The molecule has 1 heterocycles. The molecule has 0 N–H and O–H groups in total. The van der Waals surface area contributed by atoms with Crippen LogP contribution in [0.15, 0.2) is 67.0 Å². The van der Waals surface area contributed by atoms with Crippen LogP contribution in [0.5, 0.6) is 5.75 Å². The Hall–Kier alpha value is -3.15. The number of carbonyl (C=O) groups is 1. The van der Waals surface area contributed by atoms with Crippen molar-refractivity contribution in [2.24, 2.45) is 0 Å². The van der Waals surface area contributed by atoms with E-state index in [4.69, 9.17) is 0 Å². The zero-order valence-electron chi connectivity index (χ0n) is 14.8. The van der Waals surface area contributed by atoms with Crippen LogP contribution in [0.25, 0.3) is 22.3 Å². The molecule has 3 aromatic rings. The Morgan fingerprint density at radius 3 is 1.74 bits per heavy atom. The minimum Gasteiger partial charge on any atom is -0.406 e. The first-order valence-corrected chi connectivity index (χ1v) is 8.31. The third-order valence-corrected chi connectivity index (χ3v) is 3.54. The van der Waals surface area contributed by atoms with Crippen LogP contribution in [0.2, 0.25) is 0 Å². The van der Waals surface area contributed by atoms with Crippen molar-refractivity contribution in [3.63, 3.8) is 0 Å². The Labute approximate surface area is 155 Å². The second kappa shape index (κ2) is 8.98. The summed E-state index contributed by atoms with van der Waals surface area (Å²) in [6.45, 7) is 4.00. The zero-order valence-corrected chi connectivity index (χ0v) is 14.8. The van der Waals surface area contributed by atoms with Crippen molar-refractivity contribution in [2.45, 2.75) is 20.2 Å². The minimum absolute atomic E-state index is 0.273. The third-order valence-electron chi connectivity index (χ3n) is 3.54. The van der Waals surface area contributed by atoms with Gasteiger partial charge in [-0.25, -0.2) is 0 Å². The van der Waals surface area contributed by atoms with Crippen LogP contribution in [0.1, 0.15) is 24.2 Å². The summed E-state index contributed by atoms with van der Waals surface area (Å²) in [5.74, 6) is -0.273. The molecule has 0 fully saturated rings. The van der Waals surface area contributed by atoms with Crippen molar-refractivity contribution in [1.29, 1.82) is 0 Å². The van der Waals surface area contributed by atoms with Gasteiger partial charge in [0.1, 0.15) is 12.0 Å². The van der Waals surface area contributed by atoms with Gasteiger partial charge in [-0.3, -0.25) is 9.78 Å². The number of ether oxygens (including phenoxy) is 1. The van der Waals surface area contributed by atoms with E-state index in [0.717, 1.165) is 23.0 Å². The van der Waals surface area contributed by atoms with Gasteiger partial charge in [-0.2, -0.15) is 0 Å². The van der Waals surface area contributed by atoms with Crippen LogP contribution < -0.4 is 4.74 Å². The minimum atomic E-state index is -4.71. The Morgan fingerprint density at radius 2 is 1.30 bits per heavy atom. The summed E-state index contributed by atoms with van der Waals surface area (Å²) in [6, 6.07) is 14.5. The molecule has 1 aromatic heterocycles. The molecule has 27 heavy (non-hydrogen) atoms. The molecule has 0 saturated carbocycles. The van der Waals surface area contributed by atoms with Gasteiger partial charge in [-0.15, -0.1) is 13.2 Å². The van der Waals surface area contributed by atoms with E-state index in [1.807, 2.05) is 32.0 Å². The number of halogens is 3. The first-order chi connectivity index (χ1) is 12.9. The number of pyridine rings is 1. The van der Waals surface area contributed by atoms with Gasteiger partial charge < -0.3 is 4.74 Å². The van der Waals surface area contributed by atoms with Gasteiger partial charge in [0, 0.05) is 29.1 Å². The van der Waals surface area contributed by atoms with Crippen LogP contribution in [-0.2, 0) is 0 Å². The number of aromatic nitrogens is 1. The number of aldehydes is 1. The lowest BCUT2D eigenvalue weighted by molar-refractivity contribution is -0.274. The molecule has 0 unspecified atom stereocenters. The highest BCUT2D eigenvalue weighted by Gasteiger charge is 2.30. The molecule has 0 aliphatic carbocycles. The van der Waals surface area contributed by atoms with Gasteiger partial charge in [0.05, 0.1) is 0 Å². The van der Waals surface area contributed by atoms with Crippen LogP contribution >= 0.6 is 0 Å². The number of hydrogen-bond donors (Lipinski definition) is 0. The van der Waals surface area contributed by atoms with E-state index in [9.17, 15) is 18.0 Å². The molecule has 3 rings (SSSR count). The van der Waals surface area contributed by atoms with Crippen molar-refractivity contribution >= 4 is 6.29 Å². The lowest BCUT2D eigenvalue weighted by atomic mass is 10.0. The zero-order chi connectivity index (χ0) is 19.9. The Kier molecular flexibility index (Phi) is 6.71. The highest BCUT2D eigenvalue weighted by molar-refractivity contribution is 5.78. The maximum absolute atomic E-state index is 12.2. The molecule has 140 valence electrons. The fourth-order valence-corrected chi connectivity index (χ4v) is 2.36. The molecule has 0 aliphatic heterocycles. The maximum Gasteiger partial charge on any atom is 0.573 e. The summed E-state index contributed by atoms with van der Waals surface area (Å²) in [4.78, 5) is 14.9. The normalized spacial score (nSPS) is 10.6. The summed E-state index contributed by atoms with van der Waals surface area (Å²) in [5, 5.41) is 0. The predicted molar refractivity (Wildman–Crippen MR) is 98.5 cm³/mol. The fraction of sp³-hybridized carbons (Fsp3) is 0.143. The SMILES string of the molecule is CC.O=Cc1ccc(-c2cncc(-c3ccc(OC(F)(F)F)cc3)c2)cc1. The molecule has 6 heteroatoms. The Balaban J connectivity index is 0.00000126. The quantitative estimate of drug-likeness (QED) is 0.515. The molecule has 0 aliphatic rings. The van der Waals surface area contributed by atoms with Gasteiger partial charge in [-0.1, -0.05) is 50.2 Å². The number of rotatable bonds is 4. The summed E-state index contributed by atoms with van der Waals surface area (Å²) in [5.41, 5.74) is 3.78. The van der Waals surface area contributed by atoms with Crippen molar-refractivity contribution in [1.82, 2.24) is 4.98 Å². The highest BCUT2D eigenvalue weighted by atomic mass is 19.4. The number of hydrogen-bond acceptors (Lipinski definition) is 3. The largest absolute Gasteiger partial charge is 0.573 e. The molecule has 0 atom stereocenters. The van der Waals surface area contributed by atoms with Gasteiger partial charge in [-0.05, 0) is 29.3 Å². The number of carbonyl (C=O) groups excluding carboxylic acids is 1. The lowest BCUT2D eigenvalue weighted by Crippen LogP contribution is -2.16. The van der Waals surface area contributed by atoms with Crippen molar-refractivity contribution in [3.8, 4) is 28.0 Å². The monoisotopic (exact) mass is 373 g/mol. The molecule has 0 saturated heterocycles. The molecule has 0 bridgehead atoms.